The molecule has 0 aromatic heterocycles. The number of ether oxygens (including phenoxy) is 2. The van der Waals surface area contributed by atoms with Crippen LogP contribution in [0.2, 0.25) is 0 Å². The van der Waals surface area contributed by atoms with Gasteiger partial charge in [-0.1, -0.05) is 6.07 Å². The first-order chi connectivity index (χ1) is 12.6. The Hall–Kier alpha value is -2.22. The Morgan fingerprint density at radius 2 is 1.85 bits per heavy atom. The van der Waals surface area contributed by atoms with Crippen LogP contribution < -0.4 is 9.47 Å². The first-order valence-electron chi connectivity index (χ1n) is 9.59. The lowest BCUT2D eigenvalue weighted by Gasteiger charge is -2.29. The van der Waals surface area contributed by atoms with Crippen molar-refractivity contribution in [1.82, 2.24) is 0 Å². The maximum absolute atomic E-state index is 11.2. The van der Waals surface area contributed by atoms with Gasteiger partial charge in [-0.05, 0) is 75.0 Å². The molecule has 3 rings (SSSR count). The zero-order valence-electron chi connectivity index (χ0n) is 15.3. The predicted molar refractivity (Wildman–Crippen MR) is 97.3 cm³/mol. The average molecular weight is 357 g/mol. The van der Waals surface area contributed by atoms with Crippen LogP contribution in [0.15, 0.2) is 18.2 Å². The molecule has 0 bridgehead atoms. The lowest BCUT2D eigenvalue weighted by atomic mass is 9.74. The molecule has 0 spiro atoms. The molecule has 2 fully saturated rings. The molecule has 0 saturated heterocycles. The Balaban J connectivity index is 1.76. The SMILES string of the molecule is COc1ccc(C(C#N)C2CCC(C(=O)O)CC2)cc1OC1CCCC1. The zero-order chi connectivity index (χ0) is 18.5. The topological polar surface area (TPSA) is 79.5 Å². The zero-order valence-corrected chi connectivity index (χ0v) is 15.3. The van der Waals surface area contributed by atoms with Gasteiger partial charge in [0, 0.05) is 0 Å². The van der Waals surface area contributed by atoms with E-state index in [0.717, 1.165) is 37.0 Å². The Kier molecular flexibility index (Phi) is 6.03. The number of carboxylic acids is 1. The summed E-state index contributed by atoms with van der Waals surface area (Å²) in [4.78, 5) is 11.2. The lowest BCUT2D eigenvalue weighted by Crippen LogP contribution is -2.24. The van der Waals surface area contributed by atoms with Gasteiger partial charge in [0.05, 0.1) is 31.1 Å². The van der Waals surface area contributed by atoms with Gasteiger partial charge in [-0.2, -0.15) is 5.26 Å². The minimum absolute atomic E-state index is 0.198. The number of benzene rings is 1. The van der Waals surface area contributed by atoms with Crippen LogP contribution in [-0.2, 0) is 4.79 Å². The first-order valence-corrected chi connectivity index (χ1v) is 9.59. The normalized spacial score (nSPS) is 24.6. The van der Waals surface area contributed by atoms with Crippen LogP contribution in [0.1, 0.15) is 62.8 Å². The van der Waals surface area contributed by atoms with Gasteiger partial charge in [0.25, 0.3) is 0 Å². The van der Waals surface area contributed by atoms with Crippen molar-refractivity contribution in [2.45, 2.75) is 63.4 Å². The van der Waals surface area contributed by atoms with E-state index in [2.05, 4.69) is 6.07 Å². The maximum Gasteiger partial charge on any atom is 0.306 e. The second-order valence-electron chi connectivity index (χ2n) is 7.49. The summed E-state index contributed by atoms with van der Waals surface area (Å²) in [6.45, 7) is 0. The molecule has 0 radical (unpaired) electrons. The number of carbonyl (C=O) groups is 1. The van der Waals surface area contributed by atoms with Crippen LogP contribution in [0.3, 0.4) is 0 Å². The minimum Gasteiger partial charge on any atom is -0.493 e. The third-order valence-corrected chi connectivity index (χ3v) is 5.87. The predicted octanol–water partition coefficient (Wildman–Crippen LogP) is 4.51. The van der Waals surface area contributed by atoms with E-state index in [9.17, 15) is 15.2 Å². The van der Waals surface area contributed by atoms with E-state index in [-0.39, 0.29) is 23.9 Å². The summed E-state index contributed by atoms with van der Waals surface area (Å²) in [5.41, 5.74) is 0.945. The highest BCUT2D eigenvalue weighted by molar-refractivity contribution is 5.70. The molecule has 2 aliphatic carbocycles. The molecule has 1 aromatic carbocycles. The molecule has 1 atom stereocenters. The number of nitrogens with zero attached hydrogens (tertiary/aromatic N) is 1. The summed E-state index contributed by atoms with van der Waals surface area (Å²) in [6.07, 6.45) is 7.61. The monoisotopic (exact) mass is 357 g/mol. The van der Waals surface area contributed by atoms with Crippen molar-refractivity contribution in [3.05, 3.63) is 23.8 Å². The van der Waals surface area contributed by atoms with Gasteiger partial charge in [0.15, 0.2) is 11.5 Å². The van der Waals surface area contributed by atoms with Crippen LogP contribution >= 0.6 is 0 Å². The summed E-state index contributed by atoms with van der Waals surface area (Å²) < 4.78 is 11.6. The van der Waals surface area contributed by atoms with Gasteiger partial charge < -0.3 is 14.6 Å². The van der Waals surface area contributed by atoms with E-state index in [1.54, 1.807) is 7.11 Å². The van der Waals surface area contributed by atoms with Gasteiger partial charge >= 0.3 is 5.97 Å². The molecule has 5 nitrogen and oxygen atoms in total. The third-order valence-electron chi connectivity index (χ3n) is 5.87. The summed E-state index contributed by atoms with van der Waals surface area (Å²) in [5, 5.41) is 18.9. The number of carboxylic acid groups (broad SMARTS) is 1. The number of rotatable bonds is 6. The highest BCUT2D eigenvalue weighted by atomic mass is 16.5. The number of nitriles is 1. The minimum atomic E-state index is -0.714. The van der Waals surface area contributed by atoms with Crippen LogP contribution in [0.25, 0.3) is 0 Å². The first kappa shape index (κ1) is 18.6. The molecule has 5 heteroatoms. The highest BCUT2D eigenvalue weighted by Gasteiger charge is 2.32. The molecule has 0 heterocycles. The van der Waals surface area contributed by atoms with Crippen molar-refractivity contribution >= 4 is 5.97 Å². The third kappa shape index (κ3) is 4.12. The molecule has 2 aliphatic rings. The van der Waals surface area contributed by atoms with Crippen LogP contribution in [0.4, 0.5) is 0 Å². The summed E-state index contributed by atoms with van der Waals surface area (Å²) >= 11 is 0. The van der Waals surface area contributed by atoms with Crippen LogP contribution in [0, 0.1) is 23.2 Å². The van der Waals surface area contributed by atoms with Crippen molar-refractivity contribution in [1.29, 1.82) is 5.26 Å². The largest absolute Gasteiger partial charge is 0.493 e. The highest BCUT2D eigenvalue weighted by Crippen LogP contribution is 2.41. The maximum atomic E-state index is 11.2. The van der Waals surface area contributed by atoms with Crippen molar-refractivity contribution in [2.75, 3.05) is 7.11 Å². The molecule has 1 aromatic rings. The fourth-order valence-corrected chi connectivity index (χ4v) is 4.32. The van der Waals surface area contributed by atoms with E-state index in [4.69, 9.17) is 9.47 Å². The standard InChI is InChI=1S/C21H27NO4/c1-25-19-11-10-16(12-20(19)26-17-4-2-3-5-17)18(13-22)14-6-8-15(9-7-14)21(23)24/h10-12,14-15,17-18H,2-9H2,1H3,(H,23,24). The van der Waals surface area contributed by atoms with Gasteiger partial charge in [0.1, 0.15) is 0 Å². The lowest BCUT2D eigenvalue weighted by molar-refractivity contribution is -0.143. The van der Waals surface area contributed by atoms with Crippen molar-refractivity contribution < 1.29 is 19.4 Å². The van der Waals surface area contributed by atoms with Crippen LogP contribution in [0.5, 0.6) is 11.5 Å². The van der Waals surface area contributed by atoms with Gasteiger partial charge in [0.2, 0.25) is 0 Å². The Bertz CT molecular complexity index is 667. The van der Waals surface area contributed by atoms with Gasteiger partial charge in [-0.15, -0.1) is 0 Å². The molecule has 1 unspecified atom stereocenters. The molecular weight excluding hydrogens is 330 g/mol. The Morgan fingerprint density at radius 3 is 2.42 bits per heavy atom. The van der Waals surface area contributed by atoms with E-state index in [1.807, 2.05) is 18.2 Å². The Morgan fingerprint density at radius 1 is 1.15 bits per heavy atom. The van der Waals surface area contributed by atoms with Crippen molar-refractivity contribution in [3.8, 4) is 17.6 Å². The smallest absolute Gasteiger partial charge is 0.306 e. The molecule has 2 saturated carbocycles. The van der Waals surface area contributed by atoms with Crippen LogP contribution in [-0.4, -0.2) is 24.3 Å². The summed E-state index contributed by atoms with van der Waals surface area (Å²) in [5.74, 6) is 0.407. The van der Waals surface area contributed by atoms with Crippen molar-refractivity contribution in [2.24, 2.45) is 11.8 Å². The molecule has 0 aliphatic heterocycles. The molecule has 1 N–H and O–H groups in total. The van der Waals surface area contributed by atoms with Crippen molar-refractivity contribution in [3.63, 3.8) is 0 Å². The van der Waals surface area contributed by atoms with Gasteiger partial charge in [-0.3, -0.25) is 4.79 Å². The molecule has 26 heavy (non-hydrogen) atoms. The number of aliphatic carboxylic acids is 1. The van der Waals surface area contributed by atoms with E-state index < -0.39 is 5.97 Å². The average Bonchev–Trinajstić information content (AvgIpc) is 3.16. The fraction of sp³-hybridized carbons (Fsp3) is 0.619. The summed E-state index contributed by atoms with van der Waals surface area (Å²) in [7, 11) is 1.63. The number of hydrogen-bond donors (Lipinski definition) is 1. The molecule has 0 amide bonds. The second-order valence-corrected chi connectivity index (χ2v) is 7.49. The fourth-order valence-electron chi connectivity index (χ4n) is 4.32. The molecular formula is C21H27NO4. The number of hydrogen-bond acceptors (Lipinski definition) is 4. The Labute approximate surface area is 154 Å². The van der Waals surface area contributed by atoms with E-state index >= 15 is 0 Å². The van der Waals surface area contributed by atoms with E-state index in [0.29, 0.717) is 18.6 Å². The second kappa shape index (κ2) is 8.44. The summed E-state index contributed by atoms with van der Waals surface area (Å²) in [6, 6.07) is 8.22. The molecule has 140 valence electrons. The van der Waals surface area contributed by atoms with Gasteiger partial charge in [-0.25, -0.2) is 0 Å². The number of methoxy groups -OCH3 is 1. The van der Waals surface area contributed by atoms with E-state index in [1.165, 1.54) is 12.8 Å². The quantitative estimate of drug-likeness (QED) is 0.810.